The summed E-state index contributed by atoms with van der Waals surface area (Å²) in [5.41, 5.74) is 2.27. The largest absolute Gasteiger partial charge is 0.346 e. The van der Waals surface area contributed by atoms with Crippen LogP contribution in [0.3, 0.4) is 0 Å². The predicted octanol–water partition coefficient (Wildman–Crippen LogP) is 2.27. The van der Waals surface area contributed by atoms with Crippen molar-refractivity contribution in [2.75, 3.05) is 40.3 Å². The number of aromatic nitrogens is 2. The molecule has 2 aliphatic heterocycles. The zero-order valence-electron chi connectivity index (χ0n) is 16.8. The highest BCUT2D eigenvalue weighted by atomic mass is 16.2. The molecule has 2 fully saturated rings. The SMILES string of the molecule is CN1CC[C@]2(CCC1=O)CN(Cc1cnc(-c3ccccc3)nc1)CCN2C. The van der Waals surface area contributed by atoms with Crippen LogP contribution in [0.4, 0.5) is 0 Å². The Morgan fingerprint density at radius 1 is 1.00 bits per heavy atom. The van der Waals surface area contributed by atoms with E-state index in [0.717, 1.165) is 62.5 Å². The summed E-state index contributed by atoms with van der Waals surface area (Å²) in [6.45, 7) is 4.74. The van der Waals surface area contributed by atoms with E-state index in [9.17, 15) is 4.79 Å². The summed E-state index contributed by atoms with van der Waals surface area (Å²) in [6.07, 6.45) is 6.51. The summed E-state index contributed by atoms with van der Waals surface area (Å²) in [6, 6.07) is 10.1. The molecule has 6 heteroatoms. The quantitative estimate of drug-likeness (QED) is 0.819. The molecular weight excluding hydrogens is 350 g/mol. The monoisotopic (exact) mass is 379 g/mol. The van der Waals surface area contributed by atoms with Crippen LogP contribution < -0.4 is 0 Å². The van der Waals surface area contributed by atoms with Crippen molar-refractivity contribution in [3.63, 3.8) is 0 Å². The van der Waals surface area contributed by atoms with Crippen LogP contribution in [0.1, 0.15) is 24.8 Å². The third-order valence-corrected chi connectivity index (χ3v) is 6.37. The smallest absolute Gasteiger partial charge is 0.222 e. The predicted molar refractivity (Wildman–Crippen MR) is 110 cm³/mol. The van der Waals surface area contributed by atoms with Gasteiger partial charge >= 0.3 is 0 Å². The number of amides is 1. The van der Waals surface area contributed by atoms with Gasteiger partial charge in [0.25, 0.3) is 0 Å². The van der Waals surface area contributed by atoms with Gasteiger partial charge in [-0.05, 0) is 19.9 Å². The Hall–Kier alpha value is -2.31. The molecule has 1 atom stereocenters. The average molecular weight is 380 g/mol. The van der Waals surface area contributed by atoms with Crippen molar-refractivity contribution >= 4 is 5.91 Å². The van der Waals surface area contributed by atoms with E-state index in [4.69, 9.17) is 0 Å². The molecule has 28 heavy (non-hydrogen) atoms. The van der Waals surface area contributed by atoms with Gasteiger partial charge in [0.1, 0.15) is 0 Å². The van der Waals surface area contributed by atoms with Crippen molar-refractivity contribution in [3.8, 4) is 11.4 Å². The molecule has 1 aromatic heterocycles. The lowest BCUT2D eigenvalue weighted by Gasteiger charge is -2.49. The van der Waals surface area contributed by atoms with Crippen molar-refractivity contribution in [2.24, 2.45) is 0 Å². The third kappa shape index (κ3) is 3.93. The summed E-state index contributed by atoms with van der Waals surface area (Å²) in [4.78, 5) is 28.1. The first kappa shape index (κ1) is 19.0. The molecule has 1 aromatic carbocycles. The minimum Gasteiger partial charge on any atom is -0.346 e. The van der Waals surface area contributed by atoms with Crippen LogP contribution in [0.25, 0.3) is 11.4 Å². The van der Waals surface area contributed by atoms with Gasteiger partial charge in [-0.2, -0.15) is 0 Å². The van der Waals surface area contributed by atoms with Gasteiger partial charge in [-0.3, -0.25) is 14.6 Å². The van der Waals surface area contributed by atoms with Gasteiger partial charge < -0.3 is 4.90 Å². The summed E-state index contributed by atoms with van der Waals surface area (Å²) >= 11 is 0. The van der Waals surface area contributed by atoms with E-state index >= 15 is 0 Å². The number of rotatable bonds is 3. The highest BCUT2D eigenvalue weighted by Gasteiger charge is 2.41. The summed E-state index contributed by atoms with van der Waals surface area (Å²) < 4.78 is 0. The van der Waals surface area contributed by atoms with Gasteiger partial charge in [-0.15, -0.1) is 0 Å². The van der Waals surface area contributed by atoms with Crippen LogP contribution in [0, 0.1) is 0 Å². The van der Waals surface area contributed by atoms with Crippen molar-refractivity contribution in [3.05, 3.63) is 48.3 Å². The Balaban J connectivity index is 1.44. The molecule has 0 unspecified atom stereocenters. The second kappa shape index (κ2) is 7.97. The lowest BCUT2D eigenvalue weighted by molar-refractivity contribution is -0.129. The van der Waals surface area contributed by atoms with Gasteiger partial charge in [0, 0.05) is 75.3 Å². The Labute approximate surface area is 167 Å². The number of piperazine rings is 1. The second-order valence-electron chi connectivity index (χ2n) is 8.20. The number of hydrogen-bond acceptors (Lipinski definition) is 5. The molecule has 0 saturated carbocycles. The molecule has 0 aliphatic carbocycles. The zero-order chi connectivity index (χ0) is 19.6. The van der Waals surface area contributed by atoms with Crippen LogP contribution in [0.15, 0.2) is 42.7 Å². The fourth-order valence-electron chi connectivity index (χ4n) is 4.41. The second-order valence-corrected chi connectivity index (χ2v) is 8.20. The summed E-state index contributed by atoms with van der Waals surface area (Å²) in [5.74, 6) is 1.04. The minimum absolute atomic E-state index is 0.0868. The fourth-order valence-corrected chi connectivity index (χ4v) is 4.41. The number of nitrogens with zero attached hydrogens (tertiary/aromatic N) is 5. The van der Waals surface area contributed by atoms with E-state index in [1.807, 2.05) is 54.7 Å². The fraction of sp³-hybridized carbons (Fsp3) is 0.500. The Morgan fingerprint density at radius 3 is 2.50 bits per heavy atom. The Bertz CT molecular complexity index is 809. The highest BCUT2D eigenvalue weighted by molar-refractivity contribution is 5.76. The summed E-state index contributed by atoms with van der Waals surface area (Å²) in [5, 5.41) is 0. The van der Waals surface area contributed by atoms with Crippen molar-refractivity contribution < 1.29 is 4.79 Å². The maximum atomic E-state index is 12.1. The first-order chi connectivity index (χ1) is 13.6. The molecule has 3 heterocycles. The minimum atomic E-state index is 0.0868. The average Bonchev–Trinajstić information content (AvgIpc) is 2.87. The number of benzene rings is 1. The van der Waals surface area contributed by atoms with E-state index in [1.165, 1.54) is 0 Å². The van der Waals surface area contributed by atoms with Gasteiger partial charge in [-0.1, -0.05) is 30.3 Å². The molecule has 0 radical (unpaired) electrons. The Kier molecular flexibility index (Phi) is 5.42. The maximum absolute atomic E-state index is 12.1. The van der Waals surface area contributed by atoms with Gasteiger partial charge in [0.15, 0.2) is 5.82 Å². The first-order valence-electron chi connectivity index (χ1n) is 10.1. The van der Waals surface area contributed by atoms with E-state index in [0.29, 0.717) is 6.42 Å². The number of carbonyl (C=O) groups is 1. The van der Waals surface area contributed by atoms with Gasteiger partial charge in [-0.25, -0.2) is 9.97 Å². The number of carbonyl (C=O) groups excluding carboxylic acids is 1. The van der Waals surface area contributed by atoms with E-state index in [1.54, 1.807) is 0 Å². The Morgan fingerprint density at radius 2 is 1.75 bits per heavy atom. The lowest BCUT2D eigenvalue weighted by Crippen LogP contribution is -2.60. The van der Waals surface area contributed by atoms with Crippen LogP contribution >= 0.6 is 0 Å². The first-order valence-corrected chi connectivity index (χ1v) is 10.1. The van der Waals surface area contributed by atoms with E-state index in [2.05, 4.69) is 26.8 Å². The number of likely N-dealkylation sites (tertiary alicyclic amines) is 1. The summed E-state index contributed by atoms with van der Waals surface area (Å²) in [7, 11) is 4.14. The van der Waals surface area contributed by atoms with Crippen molar-refractivity contribution in [1.82, 2.24) is 24.7 Å². The van der Waals surface area contributed by atoms with E-state index < -0.39 is 0 Å². The lowest BCUT2D eigenvalue weighted by atomic mass is 9.86. The standard InChI is InChI=1S/C22H29N5O/c1-25-11-10-22(9-8-20(25)28)17-27(13-12-26(22)2)16-18-14-23-21(24-15-18)19-6-4-3-5-7-19/h3-7,14-15H,8-13,16-17H2,1-2H3/t22-/m1/s1. The molecule has 2 saturated heterocycles. The molecule has 0 N–H and O–H groups in total. The number of likely N-dealkylation sites (N-methyl/N-ethyl adjacent to an activating group) is 1. The molecule has 2 aliphatic rings. The van der Waals surface area contributed by atoms with Crippen molar-refractivity contribution in [2.45, 2.75) is 31.3 Å². The molecule has 1 spiro atoms. The van der Waals surface area contributed by atoms with Crippen LogP contribution in [-0.2, 0) is 11.3 Å². The van der Waals surface area contributed by atoms with Crippen molar-refractivity contribution in [1.29, 1.82) is 0 Å². The maximum Gasteiger partial charge on any atom is 0.222 e. The zero-order valence-corrected chi connectivity index (χ0v) is 16.8. The molecule has 4 rings (SSSR count). The molecular formula is C22H29N5O. The third-order valence-electron chi connectivity index (χ3n) is 6.37. The van der Waals surface area contributed by atoms with Crippen LogP contribution in [-0.4, -0.2) is 76.4 Å². The van der Waals surface area contributed by atoms with E-state index in [-0.39, 0.29) is 11.4 Å². The number of hydrogen-bond donors (Lipinski definition) is 0. The van der Waals surface area contributed by atoms with Crippen LogP contribution in [0.5, 0.6) is 0 Å². The highest BCUT2D eigenvalue weighted by Crippen LogP contribution is 2.32. The molecule has 2 aromatic rings. The van der Waals surface area contributed by atoms with Gasteiger partial charge in [0.2, 0.25) is 5.91 Å². The van der Waals surface area contributed by atoms with Crippen LogP contribution in [0.2, 0.25) is 0 Å². The topological polar surface area (TPSA) is 52.6 Å². The molecule has 1 amide bonds. The normalized spacial score (nSPS) is 24.5. The molecule has 148 valence electrons. The van der Waals surface area contributed by atoms with Gasteiger partial charge in [0.05, 0.1) is 0 Å². The molecule has 0 bridgehead atoms. The molecule has 6 nitrogen and oxygen atoms in total.